The van der Waals surface area contributed by atoms with Crippen LogP contribution in [0.5, 0.6) is 0 Å². The molecule has 0 aliphatic heterocycles. The molecule has 3 N–H and O–H groups in total. The van der Waals surface area contributed by atoms with Crippen molar-refractivity contribution in [2.75, 3.05) is 6.54 Å². The van der Waals surface area contributed by atoms with E-state index in [1.807, 2.05) is 13.0 Å². The molecular formula is C17H23ClN2O3. The fraction of sp³-hybridized carbons (Fsp3) is 0.412. The lowest BCUT2D eigenvalue weighted by molar-refractivity contribution is 0.0894. The van der Waals surface area contributed by atoms with Crippen LogP contribution in [0.25, 0.3) is 11.0 Å². The Hall–Kier alpha value is -1.85. The Balaban J connectivity index is 0.00000264. The molecule has 23 heavy (non-hydrogen) atoms. The standard InChI is InChI=1S/C17H22N2O3.ClH/c1-11(2)9-17(3,10-18)19-15(20)13-8-12-6-4-5-7-14(12)22-16(13)21;/h4-8,11H,9-10,18H2,1-3H3,(H,19,20);1H. The molecule has 1 atom stereocenters. The maximum absolute atomic E-state index is 12.4. The Morgan fingerprint density at radius 1 is 1.35 bits per heavy atom. The highest BCUT2D eigenvalue weighted by atomic mass is 35.5. The van der Waals surface area contributed by atoms with Gasteiger partial charge in [-0.3, -0.25) is 4.79 Å². The van der Waals surface area contributed by atoms with E-state index in [9.17, 15) is 9.59 Å². The summed E-state index contributed by atoms with van der Waals surface area (Å²) < 4.78 is 5.20. The van der Waals surface area contributed by atoms with Crippen LogP contribution in [0.1, 0.15) is 37.6 Å². The van der Waals surface area contributed by atoms with Crippen molar-refractivity contribution in [2.24, 2.45) is 11.7 Å². The number of benzene rings is 1. The van der Waals surface area contributed by atoms with Crippen LogP contribution in [0.3, 0.4) is 0 Å². The molecule has 1 heterocycles. The van der Waals surface area contributed by atoms with E-state index >= 15 is 0 Å². The van der Waals surface area contributed by atoms with Crippen LogP contribution in [-0.4, -0.2) is 18.0 Å². The van der Waals surface area contributed by atoms with Crippen LogP contribution in [0.15, 0.2) is 39.5 Å². The molecule has 0 radical (unpaired) electrons. The zero-order chi connectivity index (χ0) is 16.3. The van der Waals surface area contributed by atoms with Gasteiger partial charge < -0.3 is 15.5 Å². The van der Waals surface area contributed by atoms with Crippen LogP contribution >= 0.6 is 12.4 Å². The molecule has 0 fully saturated rings. The normalized spacial score (nSPS) is 13.4. The minimum absolute atomic E-state index is 0. The van der Waals surface area contributed by atoms with Gasteiger partial charge in [-0.15, -0.1) is 12.4 Å². The average Bonchev–Trinajstić information content (AvgIpc) is 2.45. The van der Waals surface area contributed by atoms with E-state index < -0.39 is 17.1 Å². The second-order valence-corrected chi connectivity index (χ2v) is 6.30. The Labute approximate surface area is 141 Å². The zero-order valence-electron chi connectivity index (χ0n) is 13.6. The van der Waals surface area contributed by atoms with E-state index in [0.717, 1.165) is 6.42 Å². The van der Waals surface area contributed by atoms with Crippen LogP contribution in [0.4, 0.5) is 0 Å². The van der Waals surface area contributed by atoms with E-state index in [1.54, 1.807) is 24.3 Å². The zero-order valence-corrected chi connectivity index (χ0v) is 14.4. The van der Waals surface area contributed by atoms with Crippen molar-refractivity contribution in [3.8, 4) is 0 Å². The highest BCUT2D eigenvalue weighted by molar-refractivity contribution is 5.97. The van der Waals surface area contributed by atoms with Gasteiger partial charge in [0, 0.05) is 17.5 Å². The number of carbonyl (C=O) groups is 1. The highest BCUT2D eigenvalue weighted by Crippen LogP contribution is 2.17. The van der Waals surface area contributed by atoms with E-state index in [1.165, 1.54) is 0 Å². The lowest BCUT2D eigenvalue weighted by Gasteiger charge is -2.31. The first-order valence-electron chi connectivity index (χ1n) is 7.40. The van der Waals surface area contributed by atoms with Gasteiger partial charge in [0.05, 0.1) is 0 Å². The predicted octanol–water partition coefficient (Wildman–Crippen LogP) is 2.71. The molecule has 2 aromatic rings. The van der Waals surface area contributed by atoms with Gasteiger partial charge in [0.2, 0.25) is 0 Å². The first-order chi connectivity index (χ1) is 10.3. The molecule has 2 rings (SSSR count). The maximum Gasteiger partial charge on any atom is 0.349 e. The number of rotatable bonds is 5. The maximum atomic E-state index is 12.4. The van der Waals surface area contributed by atoms with Gasteiger partial charge in [-0.25, -0.2) is 4.79 Å². The summed E-state index contributed by atoms with van der Waals surface area (Å²) in [6.07, 6.45) is 0.730. The van der Waals surface area contributed by atoms with Crippen molar-refractivity contribution < 1.29 is 9.21 Å². The number of para-hydroxylation sites is 1. The number of hydrogen-bond donors (Lipinski definition) is 2. The number of halogens is 1. The minimum Gasteiger partial charge on any atom is -0.422 e. The summed E-state index contributed by atoms with van der Waals surface area (Å²) in [5, 5.41) is 3.59. The molecule has 6 heteroatoms. The van der Waals surface area contributed by atoms with Gasteiger partial charge in [-0.05, 0) is 31.4 Å². The molecule has 0 aliphatic rings. The lowest BCUT2D eigenvalue weighted by Crippen LogP contribution is -2.52. The summed E-state index contributed by atoms with van der Waals surface area (Å²) in [6.45, 7) is 6.30. The van der Waals surface area contributed by atoms with Crippen LogP contribution < -0.4 is 16.7 Å². The molecule has 0 saturated heterocycles. The Kier molecular flexibility index (Phi) is 6.36. The first kappa shape index (κ1) is 19.2. The van der Waals surface area contributed by atoms with Gasteiger partial charge in [0.15, 0.2) is 0 Å². The Bertz CT molecular complexity index is 742. The van der Waals surface area contributed by atoms with E-state index in [2.05, 4.69) is 19.2 Å². The number of fused-ring (bicyclic) bond motifs is 1. The minimum atomic E-state index is -0.639. The summed E-state index contributed by atoms with van der Waals surface area (Å²) in [6, 6.07) is 8.65. The van der Waals surface area contributed by atoms with Crippen molar-refractivity contribution in [1.29, 1.82) is 0 Å². The van der Waals surface area contributed by atoms with Gasteiger partial charge in [0.1, 0.15) is 11.1 Å². The van der Waals surface area contributed by atoms with E-state index in [0.29, 0.717) is 23.4 Å². The van der Waals surface area contributed by atoms with Gasteiger partial charge >= 0.3 is 5.63 Å². The van der Waals surface area contributed by atoms with Gasteiger partial charge in [-0.1, -0.05) is 32.0 Å². The third kappa shape index (κ3) is 4.56. The smallest absolute Gasteiger partial charge is 0.349 e. The summed E-state index contributed by atoms with van der Waals surface area (Å²) in [7, 11) is 0. The molecule has 0 aliphatic carbocycles. The largest absolute Gasteiger partial charge is 0.422 e. The highest BCUT2D eigenvalue weighted by Gasteiger charge is 2.27. The second-order valence-electron chi connectivity index (χ2n) is 6.30. The number of hydrogen-bond acceptors (Lipinski definition) is 4. The predicted molar refractivity (Wildman–Crippen MR) is 94.1 cm³/mol. The average molecular weight is 339 g/mol. The summed E-state index contributed by atoms with van der Waals surface area (Å²) in [5.74, 6) is -0.0741. The molecule has 0 bridgehead atoms. The molecule has 1 amide bonds. The van der Waals surface area contributed by atoms with Gasteiger partial charge in [-0.2, -0.15) is 0 Å². The SMILES string of the molecule is CC(C)CC(C)(CN)NC(=O)c1cc2ccccc2oc1=O.Cl. The molecule has 5 nitrogen and oxygen atoms in total. The van der Waals surface area contributed by atoms with Crippen molar-refractivity contribution in [3.63, 3.8) is 0 Å². The van der Waals surface area contributed by atoms with Gasteiger partial charge in [0.25, 0.3) is 5.91 Å². The summed E-state index contributed by atoms with van der Waals surface area (Å²) >= 11 is 0. The fourth-order valence-corrected chi connectivity index (χ4v) is 2.65. The third-order valence-corrected chi connectivity index (χ3v) is 3.61. The Morgan fingerprint density at radius 2 is 2.00 bits per heavy atom. The van der Waals surface area contributed by atoms with Crippen LogP contribution in [-0.2, 0) is 0 Å². The second kappa shape index (κ2) is 7.62. The van der Waals surface area contributed by atoms with Crippen molar-refractivity contribution in [2.45, 2.75) is 32.7 Å². The van der Waals surface area contributed by atoms with Crippen molar-refractivity contribution in [1.82, 2.24) is 5.32 Å². The summed E-state index contributed by atoms with van der Waals surface area (Å²) in [5.41, 5.74) is 5.07. The molecule has 1 unspecified atom stereocenters. The van der Waals surface area contributed by atoms with E-state index in [-0.39, 0.29) is 18.0 Å². The molecule has 0 spiro atoms. The quantitative estimate of drug-likeness (QED) is 0.821. The molecule has 126 valence electrons. The molecular weight excluding hydrogens is 316 g/mol. The molecule has 0 saturated carbocycles. The van der Waals surface area contributed by atoms with Crippen molar-refractivity contribution >= 4 is 29.3 Å². The molecule has 1 aromatic carbocycles. The topological polar surface area (TPSA) is 85.3 Å². The number of nitrogens with two attached hydrogens (primary N) is 1. The van der Waals surface area contributed by atoms with Crippen LogP contribution in [0, 0.1) is 5.92 Å². The first-order valence-corrected chi connectivity index (χ1v) is 7.40. The number of nitrogens with one attached hydrogen (secondary N) is 1. The number of amides is 1. The molecule has 1 aromatic heterocycles. The number of carbonyl (C=O) groups excluding carboxylic acids is 1. The monoisotopic (exact) mass is 338 g/mol. The Morgan fingerprint density at radius 3 is 2.61 bits per heavy atom. The van der Waals surface area contributed by atoms with Crippen LogP contribution in [0.2, 0.25) is 0 Å². The third-order valence-electron chi connectivity index (χ3n) is 3.61. The van der Waals surface area contributed by atoms with Crippen molar-refractivity contribution in [3.05, 3.63) is 46.3 Å². The fourth-order valence-electron chi connectivity index (χ4n) is 2.65. The lowest BCUT2D eigenvalue weighted by atomic mass is 9.90. The van der Waals surface area contributed by atoms with E-state index in [4.69, 9.17) is 10.2 Å². The summed E-state index contributed by atoms with van der Waals surface area (Å²) in [4.78, 5) is 24.5.